The van der Waals surface area contributed by atoms with Gasteiger partial charge in [0.05, 0.1) is 0 Å². The second kappa shape index (κ2) is 5.48. The molecule has 1 aromatic carbocycles. The second-order valence-electron chi connectivity index (χ2n) is 4.50. The van der Waals surface area contributed by atoms with E-state index in [0.29, 0.717) is 6.04 Å². The Bertz CT molecular complexity index is 315. The third-order valence-corrected chi connectivity index (χ3v) is 4.13. The van der Waals surface area contributed by atoms with Crippen molar-refractivity contribution < 1.29 is 0 Å². The number of hydrogen-bond acceptors (Lipinski definition) is 3. The van der Waals surface area contributed by atoms with Crippen LogP contribution in [0.5, 0.6) is 0 Å². The monoisotopic (exact) mass is 236 g/mol. The highest BCUT2D eigenvalue weighted by Crippen LogP contribution is 2.22. The number of thioether (sulfide) groups is 1. The van der Waals surface area contributed by atoms with Crippen molar-refractivity contribution in [3.8, 4) is 0 Å². The summed E-state index contributed by atoms with van der Waals surface area (Å²) >= 11 is 2.06. The van der Waals surface area contributed by atoms with Crippen LogP contribution in [0.15, 0.2) is 24.3 Å². The lowest BCUT2D eigenvalue weighted by Gasteiger charge is -2.24. The smallest absolute Gasteiger partial charge is 0.0362 e. The summed E-state index contributed by atoms with van der Waals surface area (Å²) in [5.74, 6) is 2.58. The Morgan fingerprint density at radius 3 is 2.56 bits per heavy atom. The van der Waals surface area contributed by atoms with Crippen LogP contribution in [0, 0.1) is 0 Å². The molecule has 0 spiro atoms. The molecule has 1 aliphatic rings. The van der Waals surface area contributed by atoms with E-state index in [1.54, 1.807) is 0 Å². The molecule has 1 unspecified atom stereocenters. The fraction of sp³-hybridized carbons (Fsp3) is 0.538. The zero-order valence-corrected chi connectivity index (χ0v) is 10.9. The lowest BCUT2D eigenvalue weighted by atomic mass is 10.1. The average Bonchev–Trinajstić information content (AvgIpc) is 2.31. The molecule has 1 aliphatic heterocycles. The van der Waals surface area contributed by atoms with Gasteiger partial charge >= 0.3 is 0 Å². The van der Waals surface area contributed by atoms with Crippen molar-refractivity contribution in [1.29, 1.82) is 0 Å². The molecule has 88 valence electrons. The summed E-state index contributed by atoms with van der Waals surface area (Å²) < 4.78 is 0. The molecule has 0 saturated carbocycles. The number of hydrogen-bond donors (Lipinski definition) is 1. The number of anilines is 2. The minimum Gasteiger partial charge on any atom is -0.381 e. The highest BCUT2D eigenvalue weighted by molar-refractivity contribution is 7.99. The Kier molecular flexibility index (Phi) is 3.99. The number of nitrogens with one attached hydrogen (secondary N) is 1. The lowest BCUT2D eigenvalue weighted by Crippen LogP contribution is -2.25. The second-order valence-corrected chi connectivity index (χ2v) is 5.65. The number of rotatable bonds is 3. The predicted octanol–water partition coefficient (Wildman–Crippen LogP) is 3.06. The van der Waals surface area contributed by atoms with Crippen molar-refractivity contribution in [3.63, 3.8) is 0 Å². The third kappa shape index (κ3) is 3.08. The van der Waals surface area contributed by atoms with Crippen LogP contribution in [0.2, 0.25) is 0 Å². The first-order chi connectivity index (χ1) is 7.75. The molecule has 1 aromatic rings. The van der Waals surface area contributed by atoms with Crippen molar-refractivity contribution in [2.24, 2.45) is 0 Å². The first kappa shape index (κ1) is 11.6. The van der Waals surface area contributed by atoms with Crippen molar-refractivity contribution in [2.45, 2.75) is 18.9 Å². The van der Waals surface area contributed by atoms with Crippen LogP contribution >= 0.6 is 11.8 Å². The van der Waals surface area contributed by atoms with Crippen LogP contribution in [-0.2, 0) is 0 Å². The summed E-state index contributed by atoms with van der Waals surface area (Å²) in [5, 5.41) is 3.61. The number of benzene rings is 1. The van der Waals surface area contributed by atoms with Gasteiger partial charge in [0.2, 0.25) is 0 Å². The van der Waals surface area contributed by atoms with Crippen LogP contribution in [0.1, 0.15) is 12.8 Å². The summed E-state index contributed by atoms with van der Waals surface area (Å²) in [6, 6.07) is 9.34. The molecule has 1 heterocycles. The molecule has 0 aromatic heterocycles. The van der Waals surface area contributed by atoms with Crippen LogP contribution in [-0.4, -0.2) is 31.6 Å². The van der Waals surface area contributed by atoms with E-state index in [4.69, 9.17) is 0 Å². The van der Waals surface area contributed by atoms with E-state index in [-0.39, 0.29) is 0 Å². The summed E-state index contributed by atoms with van der Waals surface area (Å²) in [7, 11) is 4.14. The van der Waals surface area contributed by atoms with Gasteiger partial charge in [-0.1, -0.05) is 0 Å². The minimum absolute atomic E-state index is 0.656. The van der Waals surface area contributed by atoms with E-state index in [1.807, 2.05) is 0 Å². The van der Waals surface area contributed by atoms with Gasteiger partial charge in [-0.3, -0.25) is 0 Å². The third-order valence-electron chi connectivity index (χ3n) is 2.91. The van der Waals surface area contributed by atoms with Gasteiger partial charge < -0.3 is 10.2 Å². The van der Waals surface area contributed by atoms with Crippen molar-refractivity contribution in [2.75, 3.05) is 35.8 Å². The molecular formula is C13H20N2S. The first-order valence-electron chi connectivity index (χ1n) is 5.87. The molecule has 1 fully saturated rings. The maximum absolute atomic E-state index is 3.61. The van der Waals surface area contributed by atoms with Crippen molar-refractivity contribution in [1.82, 2.24) is 0 Å². The summed E-state index contributed by atoms with van der Waals surface area (Å²) in [4.78, 5) is 2.13. The molecule has 1 saturated heterocycles. The van der Waals surface area contributed by atoms with Gasteiger partial charge in [-0.25, -0.2) is 0 Å². The van der Waals surface area contributed by atoms with Gasteiger partial charge in [0.15, 0.2) is 0 Å². The van der Waals surface area contributed by atoms with Crippen molar-refractivity contribution >= 4 is 23.1 Å². The van der Waals surface area contributed by atoms with Crippen LogP contribution < -0.4 is 10.2 Å². The summed E-state index contributed by atoms with van der Waals surface area (Å²) in [5.41, 5.74) is 2.50. The van der Waals surface area contributed by atoms with Gasteiger partial charge in [-0.05, 0) is 42.9 Å². The molecule has 1 atom stereocenters. The van der Waals surface area contributed by atoms with Gasteiger partial charge in [0.25, 0.3) is 0 Å². The van der Waals surface area contributed by atoms with Gasteiger partial charge in [0.1, 0.15) is 0 Å². The molecule has 0 amide bonds. The Hall–Kier alpha value is -0.830. The minimum atomic E-state index is 0.656. The largest absolute Gasteiger partial charge is 0.381 e. The Balaban J connectivity index is 1.93. The normalized spacial score (nSPS) is 20.5. The first-order valence-corrected chi connectivity index (χ1v) is 7.03. The molecule has 3 heteroatoms. The van der Waals surface area contributed by atoms with E-state index < -0.39 is 0 Å². The van der Waals surface area contributed by atoms with Crippen LogP contribution in [0.25, 0.3) is 0 Å². The molecule has 16 heavy (non-hydrogen) atoms. The number of nitrogens with zero attached hydrogens (tertiary/aromatic N) is 1. The van der Waals surface area contributed by atoms with Gasteiger partial charge in [0, 0.05) is 37.3 Å². The predicted molar refractivity (Wildman–Crippen MR) is 74.7 cm³/mol. The zero-order valence-electron chi connectivity index (χ0n) is 10.1. The lowest BCUT2D eigenvalue weighted by molar-refractivity contribution is 0.685. The fourth-order valence-corrected chi connectivity index (χ4v) is 3.02. The maximum atomic E-state index is 3.61. The Morgan fingerprint density at radius 1 is 1.25 bits per heavy atom. The molecule has 0 aliphatic carbocycles. The standard InChI is InChI=1S/C13H20N2S/c1-15(2)13-7-5-11(6-8-13)14-12-4-3-9-16-10-12/h5-8,12,14H,3-4,9-10H2,1-2H3. The highest BCUT2D eigenvalue weighted by Gasteiger charge is 2.12. The topological polar surface area (TPSA) is 15.3 Å². The summed E-state index contributed by atoms with van der Waals surface area (Å²) in [6.07, 6.45) is 2.65. The fourth-order valence-electron chi connectivity index (χ4n) is 1.95. The zero-order chi connectivity index (χ0) is 11.4. The van der Waals surface area contributed by atoms with Gasteiger partial charge in [-0.2, -0.15) is 11.8 Å². The molecule has 0 bridgehead atoms. The maximum Gasteiger partial charge on any atom is 0.0362 e. The summed E-state index contributed by atoms with van der Waals surface area (Å²) in [6.45, 7) is 0. The SMILES string of the molecule is CN(C)c1ccc(NC2CCCSC2)cc1. The van der Waals surface area contributed by atoms with Gasteiger partial charge in [-0.15, -0.1) is 0 Å². The molecule has 1 N–H and O–H groups in total. The van der Waals surface area contributed by atoms with E-state index in [1.165, 1.54) is 35.7 Å². The van der Waals surface area contributed by atoms with E-state index in [2.05, 4.69) is 60.3 Å². The molecule has 2 rings (SSSR count). The average molecular weight is 236 g/mol. The highest BCUT2D eigenvalue weighted by atomic mass is 32.2. The molecular weight excluding hydrogens is 216 g/mol. The van der Waals surface area contributed by atoms with E-state index in [9.17, 15) is 0 Å². The van der Waals surface area contributed by atoms with Crippen molar-refractivity contribution in [3.05, 3.63) is 24.3 Å². The Labute approximate surface area is 102 Å². The molecule has 2 nitrogen and oxygen atoms in total. The Morgan fingerprint density at radius 2 is 2.00 bits per heavy atom. The molecule has 0 radical (unpaired) electrons. The quantitative estimate of drug-likeness (QED) is 0.868. The van der Waals surface area contributed by atoms with Crippen LogP contribution in [0.3, 0.4) is 0 Å². The van der Waals surface area contributed by atoms with Crippen LogP contribution in [0.4, 0.5) is 11.4 Å². The van der Waals surface area contributed by atoms with E-state index >= 15 is 0 Å². The van der Waals surface area contributed by atoms with E-state index in [0.717, 1.165) is 0 Å².